The van der Waals surface area contributed by atoms with E-state index < -0.39 is 0 Å². The summed E-state index contributed by atoms with van der Waals surface area (Å²) in [5.74, 6) is 1.92. The Bertz CT molecular complexity index is 1040. The van der Waals surface area contributed by atoms with Crippen molar-refractivity contribution in [3.05, 3.63) is 41.9 Å². The molecule has 0 radical (unpaired) electrons. The first-order valence-electron chi connectivity index (χ1n) is 9.57. The minimum Gasteiger partial charge on any atom is -0.475 e. The maximum Gasteiger partial charge on any atom is 0.259 e. The Morgan fingerprint density at radius 2 is 2.18 bits per heavy atom. The van der Waals surface area contributed by atoms with Crippen LogP contribution in [0.1, 0.15) is 24.1 Å². The third kappa shape index (κ3) is 3.20. The van der Waals surface area contributed by atoms with Gasteiger partial charge in [-0.2, -0.15) is 0 Å². The second-order valence-electron chi connectivity index (χ2n) is 7.17. The predicted octanol–water partition coefficient (Wildman–Crippen LogP) is 2.54. The number of aliphatic imine (C=N–C) groups is 1. The summed E-state index contributed by atoms with van der Waals surface area (Å²) in [6, 6.07) is 5.97. The van der Waals surface area contributed by atoms with Gasteiger partial charge in [-0.05, 0) is 37.0 Å². The second kappa shape index (κ2) is 7.20. The summed E-state index contributed by atoms with van der Waals surface area (Å²) >= 11 is 0. The Morgan fingerprint density at radius 3 is 3.07 bits per heavy atom. The number of pyridine rings is 2. The van der Waals surface area contributed by atoms with Crippen LogP contribution < -0.4 is 10.1 Å². The van der Waals surface area contributed by atoms with E-state index in [0.717, 1.165) is 59.9 Å². The molecule has 2 aliphatic rings. The number of hydrogen-bond acceptors (Lipinski definition) is 7. The van der Waals surface area contributed by atoms with Crippen molar-refractivity contribution in [3.8, 4) is 5.88 Å². The van der Waals surface area contributed by atoms with Crippen LogP contribution >= 0.6 is 0 Å². The van der Waals surface area contributed by atoms with Crippen molar-refractivity contribution in [2.75, 3.05) is 25.1 Å². The Hall–Kier alpha value is -3.00. The first-order chi connectivity index (χ1) is 13.8. The first kappa shape index (κ1) is 17.1. The van der Waals surface area contributed by atoms with Crippen LogP contribution in [0, 0.1) is 5.92 Å². The molecule has 0 bridgehead atoms. The smallest absolute Gasteiger partial charge is 0.259 e. The summed E-state index contributed by atoms with van der Waals surface area (Å²) in [6.45, 7) is 2.88. The average molecular weight is 378 g/mol. The Labute approximate surface area is 162 Å². The van der Waals surface area contributed by atoms with Gasteiger partial charge in [0.25, 0.3) is 5.88 Å². The normalized spacial score (nSPS) is 16.8. The zero-order chi connectivity index (χ0) is 18.9. The summed E-state index contributed by atoms with van der Waals surface area (Å²) in [5, 5.41) is 7.88. The molecule has 144 valence electrons. The first-order valence-corrected chi connectivity index (χ1v) is 9.57. The van der Waals surface area contributed by atoms with Crippen molar-refractivity contribution < 1.29 is 9.47 Å². The lowest BCUT2D eigenvalue weighted by Gasteiger charge is -2.21. The zero-order valence-electron chi connectivity index (χ0n) is 15.8. The molecule has 1 saturated heterocycles. The van der Waals surface area contributed by atoms with Crippen molar-refractivity contribution in [2.45, 2.75) is 19.4 Å². The van der Waals surface area contributed by atoms with Gasteiger partial charge in [0, 0.05) is 32.0 Å². The molecule has 5 heterocycles. The van der Waals surface area contributed by atoms with Crippen LogP contribution in [0.15, 0.2) is 35.6 Å². The lowest BCUT2D eigenvalue weighted by atomic mass is 10.0. The van der Waals surface area contributed by atoms with Crippen molar-refractivity contribution >= 4 is 22.6 Å². The molecule has 0 aromatic carbocycles. The number of hydrogen-bond donors (Lipinski definition) is 1. The molecule has 2 aliphatic heterocycles. The molecule has 0 aliphatic carbocycles. The average Bonchev–Trinajstić information content (AvgIpc) is 3.28. The Morgan fingerprint density at radius 1 is 1.29 bits per heavy atom. The topological polar surface area (TPSA) is 86.5 Å². The number of anilines is 1. The van der Waals surface area contributed by atoms with E-state index in [-0.39, 0.29) is 0 Å². The molecule has 0 spiro atoms. The quantitative estimate of drug-likeness (QED) is 0.751. The highest BCUT2D eigenvalue weighted by atomic mass is 16.5. The molecule has 0 atom stereocenters. The number of nitrogens with one attached hydrogen (secondary N) is 1. The lowest BCUT2D eigenvalue weighted by molar-refractivity contribution is 0.0491. The lowest BCUT2D eigenvalue weighted by Crippen LogP contribution is -2.21. The van der Waals surface area contributed by atoms with Crippen LogP contribution in [-0.2, 0) is 18.3 Å². The third-order valence-electron chi connectivity index (χ3n) is 5.25. The zero-order valence-corrected chi connectivity index (χ0v) is 15.8. The largest absolute Gasteiger partial charge is 0.475 e. The number of ether oxygens (including phenoxy) is 2. The fourth-order valence-corrected chi connectivity index (χ4v) is 3.64. The van der Waals surface area contributed by atoms with Crippen LogP contribution in [0.5, 0.6) is 5.88 Å². The van der Waals surface area contributed by atoms with E-state index in [1.54, 1.807) is 17.1 Å². The van der Waals surface area contributed by atoms with Crippen LogP contribution in [0.25, 0.3) is 11.0 Å². The van der Waals surface area contributed by atoms with Crippen molar-refractivity contribution in [2.24, 2.45) is 18.0 Å². The van der Waals surface area contributed by atoms with E-state index in [1.807, 2.05) is 25.2 Å². The number of fused-ring (bicyclic) bond motifs is 2. The molecule has 3 aromatic rings. The summed E-state index contributed by atoms with van der Waals surface area (Å²) < 4.78 is 13.2. The maximum atomic E-state index is 6.00. The van der Waals surface area contributed by atoms with Crippen molar-refractivity contribution in [1.29, 1.82) is 0 Å². The van der Waals surface area contributed by atoms with Gasteiger partial charge < -0.3 is 14.8 Å². The molecule has 0 amide bonds. The van der Waals surface area contributed by atoms with E-state index >= 15 is 0 Å². The van der Waals surface area contributed by atoms with Gasteiger partial charge in [-0.15, -0.1) is 5.10 Å². The standard InChI is InChI=1S/C20H22N6O2/c1-26-17-9-14(24-19-15-3-2-6-21-16(15)11-23-19)10-22-18(17)20(25-26)28-12-13-4-7-27-8-5-13/h2-3,6,9-10,13H,4-5,7-8,11-12H2,1H3,(H,23,24). The molecule has 5 rings (SSSR count). The molecule has 0 unspecified atom stereocenters. The molecular weight excluding hydrogens is 356 g/mol. The van der Waals surface area contributed by atoms with Gasteiger partial charge in [-0.1, -0.05) is 0 Å². The number of aryl methyl sites for hydroxylation is 1. The number of rotatable bonds is 4. The molecule has 8 heteroatoms. The Kier molecular flexibility index (Phi) is 4.40. The van der Waals surface area contributed by atoms with Gasteiger partial charge in [0.2, 0.25) is 0 Å². The molecule has 3 aromatic heterocycles. The van der Waals surface area contributed by atoms with E-state index in [2.05, 4.69) is 25.4 Å². The molecule has 28 heavy (non-hydrogen) atoms. The fraction of sp³-hybridized carbons (Fsp3) is 0.400. The van der Waals surface area contributed by atoms with Crippen LogP contribution in [0.4, 0.5) is 5.69 Å². The van der Waals surface area contributed by atoms with Gasteiger partial charge in [0.05, 0.1) is 36.2 Å². The van der Waals surface area contributed by atoms with Gasteiger partial charge in [-0.3, -0.25) is 14.7 Å². The van der Waals surface area contributed by atoms with Crippen molar-refractivity contribution in [3.63, 3.8) is 0 Å². The number of amidine groups is 1. The molecule has 8 nitrogen and oxygen atoms in total. The monoisotopic (exact) mass is 378 g/mol. The molecule has 0 saturated carbocycles. The highest BCUT2D eigenvalue weighted by molar-refractivity contribution is 6.10. The highest BCUT2D eigenvalue weighted by Gasteiger charge is 2.19. The number of nitrogens with zero attached hydrogens (tertiary/aromatic N) is 5. The van der Waals surface area contributed by atoms with Gasteiger partial charge in [0.1, 0.15) is 5.84 Å². The predicted molar refractivity (Wildman–Crippen MR) is 106 cm³/mol. The van der Waals surface area contributed by atoms with E-state index in [1.165, 1.54) is 0 Å². The summed E-state index contributed by atoms with van der Waals surface area (Å²) in [4.78, 5) is 13.5. The summed E-state index contributed by atoms with van der Waals surface area (Å²) in [6.07, 6.45) is 5.65. The van der Waals surface area contributed by atoms with Crippen LogP contribution in [-0.4, -0.2) is 45.4 Å². The second-order valence-corrected chi connectivity index (χ2v) is 7.17. The van der Waals surface area contributed by atoms with Crippen LogP contribution in [0.3, 0.4) is 0 Å². The molecular formula is C20H22N6O2. The number of aromatic nitrogens is 4. The Balaban J connectivity index is 1.34. The highest BCUT2D eigenvalue weighted by Crippen LogP contribution is 2.27. The van der Waals surface area contributed by atoms with Crippen LogP contribution in [0.2, 0.25) is 0 Å². The van der Waals surface area contributed by atoms with E-state index in [4.69, 9.17) is 9.47 Å². The fourth-order valence-electron chi connectivity index (χ4n) is 3.64. The SMILES string of the molecule is Cn1nc(OCC2CCOCC2)c2ncc(NC3=NCc4ncccc43)cc21. The van der Waals surface area contributed by atoms with Gasteiger partial charge in [0.15, 0.2) is 5.52 Å². The van der Waals surface area contributed by atoms with Crippen molar-refractivity contribution in [1.82, 2.24) is 19.7 Å². The summed E-state index contributed by atoms with van der Waals surface area (Å²) in [5.41, 5.74) is 4.57. The third-order valence-corrected chi connectivity index (χ3v) is 5.25. The summed E-state index contributed by atoms with van der Waals surface area (Å²) in [7, 11) is 1.90. The molecule has 1 N–H and O–H groups in total. The van der Waals surface area contributed by atoms with E-state index in [9.17, 15) is 0 Å². The van der Waals surface area contributed by atoms with Gasteiger partial charge >= 0.3 is 0 Å². The van der Waals surface area contributed by atoms with E-state index in [0.29, 0.717) is 24.9 Å². The minimum atomic E-state index is 0.515. The minimum absolute atomic E-state index is 0.515. The molecule has 1 fully saturated rings. The van der Waals surface area contributed by atoms with Gasteiger partial charge in [-0.25, -0.2) is 4.98 Å². The maximum absolute atomic E-state index is 6.00.